The van der Waals surface area contributed by atoms with Gasteiger partial charge in [-0.15, -0.1) is 0 Å². The molecule has 1 rings (SSSR count). The van der Waals surface area contributed by atoms with Crippen molar-refractivity contribution >= 4 is 0 Å². The van der Waals surface area contributed by atoms with Crippen LogP contribution in [0.1, 0.15) is 35.6 Å². The molecular formula is C13H20O2. The van der Waals surface area contributed by atoms with Gasteiger partial charge in [-0.1, -0.05) is 23.8 Å². The molecule has 1 unspecified atom stereocenters. The van der Waals surface area contributed by atoms with Crippen LogP contribution >= 0.6 is 0 Å². The van der Waals surface area contributed by atoms with Crippen LogP contribution in [0.5, 0.6) is 0 Å². The van der Waals surface area contributed by atoms with Gasteiger partial charge in [-0.2, -0.15) is 0 Å². The van der Waals surface area contributed by atoms with E-state index < -0.39 is 0 Å². The first-order valence-electron chi connectivity index (χ1n) is 5.39. The number of methoxy groups -OCH3 is 1. The van der Waals surface area contributed by atoms with E-state index >= 15 is 0 Å². The fourth-order valence-corrected chi connectivity index (χ4v) is 1.78. The zero-order chi connectivity index (χ0) is 11.3. The summed E-state index contributed by atoms with van der Waals surface area (Å²) >= 11 is 0. The van der Waals surface area contributed by atoms with Crippen LogP contribution in [0.2, 0.25) is 0 Å². The van der Waals surface area contributed by atoms with Crippen molar-refractivity contribution in [3.8, 4) is 0 Å². The number of benzene rings is 1. The first-order valence-corrected chi connectivity index (χ1v) is 5.39. The van der Waals surface area contributed by atoms with Gasteiger partial charge in [-0.3, -0.25) is 0 Å². The van der Waals surface area contributed by atoms with E-state index in [2.05, 4.69) is 13.0 Å². The molecule has 0 amide bonds. The second-order valence-electron chi connectivity index (χ2n) is 4.01. The van der Waals surface area contributed by atoms with Gasteiger partial charge >= 0.3 is 0 Å². The SMILES string of the molecule is COCCCC(O)c1ccc(C)cc1C. The molecule has 0 heterocycles. The van der Waals surface area contributed by atoms with Crippen LogP contribution in [0, 0.1) is 13.8 Å². The van der Waals surface area contributed by atoms with Crippen molar-refractivity contribution in [3.63, 3.8) is 0 Å². The highest BCUT2D eigenvalue weighted by Gasteiger charge is 2.09. The van der Waals surface area contributed by atoms with E-state index in [1.54, 1.807) is 7.11 Å². The first-order chi connectivity index (χ1) is 7.15. The summed E-state index contributed by atoms with van der Waals surface area (Å²) in [5, 5.41) is 9.96. The van der Waals surface area contributed by atoms with Crippen LogP contribution in [0.25, 0.3) is 0 Å². The van der Waals surface area contributed by atoms with Gasteiger partial charge in [0.05, 0.1) is 6.10 Å². The van der Waals surface area contributed by atoms with Gasteiger partial charge in [-0.05, 0) is 37.8 Å². The predicted molar refractivity (Wildman–Crippen MR) is 62.0 cm³/mol. The van der Waals surface area contributed by atoms with Crippen molar-refractivity contribution in [2.24, 2.45) is 0 Å². The van der Waals surface area contributed by atoms with Crippen LogP contribution in [0.4, 0.5) is 0 Å². The zero-order valence-electron chi connectivity index (χ0n) is 9.79. The molecule has 0 radical (unpaired) electrons. The highest BCUT2D eigenvalue weighted by atomic mass is 16.5. The van der Waals surface area contributed by atoms with Crippen molar-refractivity contribution in [2.45, 2.75) is 32.8 Å². The normalized spacial score (nSPS) is 12.8. The molecule has 2 heteroatoms. The lowest BCUT2D eigenvalue weighted by Crippen LogP contribution is -2.02. The van der Waals surface area contributed by atoms with E-state index in [-0.39, 0.29) is 6.10 Å². The topological polar surface area (TPSA) is 29.5 Å². The first kappa shape index (κ1) is 12.2. The van der Waals surface area contributed by atoms with Crippen LogP contribution < -0.4 is 0 Å². The number of aryl methyl sites for hydroxylation is 2. The molecule has 0 aliphatic heterocycles. The summed E-state index contributed by atoms with van der Waals surface area (Å²) in [4.78, 5) is 0. The van der Waals surface area contributed by atoms with Gasteiger partial charge < -0.3 is 9.84 Å². The van der Waals surface area contributed by atoms with Gasteiger partial charge in [0, 0.05) is 13.7 Å². The van der Waals surface area contributed by atoms with E-state index in [0.29, 0.717) is 6.61 Å². The lowest BCUT2D eigenvalue weighted by molar-refractivity contribution is 0.136. The number of rotatable bonds is 5. The molecule has 2 nitrogen and oxygen atoms in total. The quantitative estimate of drug-likeness (QED) is 0.754. The Labute approximate surface area is 91.9 Å². The Morgan fingerprint density at radius 3 is 2.67 bits per heavy atom. The van der Waals surface area contributed by atoms with E-state index in [1.807, 2.05) is 19.1 Å². The van der Waals surface area contributed by atoms with Gasteiger partial charge in [0.2, 0.25) is 0 Å². The molecule has 0 saturated carbocycles. The molecule has 1 atom stereocenters. The minimum absolute atomic E-state index is 0.360. The number of aliphatic hydroxyl groups is 1. The van der Waals surface area contributed by atoms with Crippen molar-refractivity contribution in [1.82, 2.24) is 0 Å². The molecular weight excluding hydrogens is 188 g/mol. The third kappa shape index (κ3) is 3.65. The van der Waals surface area contributed by atoms with Crippen LogP contribution in [-0.4, -0.2) is 18.8 Å². The molecule has 0 spiro atoms. The third-order valence-electron chi connectivity index (χ3n) is 2.61. The Bertz CT molecular complexity index is 307. The van der Waals surface area contributed by atoms with Crippen LogP contribution in [0.3, 0.4) is 0 Å². The summed E-state index contributed by atoms with van der Waals surface area (Å²) in [7, 11) is 1.68. The third-order valence-corrected chi connectivity index (χ3v) is 2.61. The standard InChI is InChI=1S/C13H20O2/c1-10-6-7-12(11(2)9-10)13(14)5-4-8-15-3/h6-7,9,13-14H,4-5,8H2,1-3H3. The number of hydrogen-bond acceptors (Lipinski definition) is 2. The molecule has 1 aromatic rings. The average molecular weight is 208 g/mol. The van der Waals surface area contributed by atoms with Crippen molar-refractivity contribution in [2.75, 3.05) is 13.7 Å². The van der Waals surface area contributed by atoms with Gasteiger partial charge in [0.15, 0.2) is 0 Å². The Balaban J connectivity index is 2.61. The summed E-state index contributed by atoms with van der Waals surface area (Å²) in [6.45, 7) is 4.82. The molecule has 0 aliphatic rings. The van der Waals surface area contributed by atoms with E-state index in [4.69, 9.17) is 4.74 Å². The number of aliphatic hydroxyl groups excluding tert-OH is 1. The lowest BCUT2D eigenvalue weighted by Gasteiger charge is -2.13. The molecule has 1 N–H and O–H groups in total. The summed E-state index contributed by atoms with van der Waals surface area (Å²) in [5.41, 5.74) is 3.44. The van der Waals surface area contributed by atoms with E-state index in [9.17, 15) is 5.11 Å². The average Bonchev–Trinajstić information content (AvgIpc) is 2.17. The second kappa shape index (κ2) is 5.89. The highest BCUT2D eigenvalue weighted by Crippen LogP contribution is 2.22. The fraction of sp³-hybridized carbons (Fsp3) is 0.538. The van der Waals surface area contributed by atoms with E-state index in [1.165, 1.54) is 11.1 Å². The molecule has 84 valence electrons. The summed E-state index contributed by atoms with van der Waals surface area (Å²) in [5.74, 6) is 0. The van der Waals surface area contributed by atoms with Crippen molar-refractivity contribution in [3.05, 3.63) is 34.9 Å². The molecule has 0 aromatic heterocycles. The smallest absolute Gasteiger partial charge is 0.0793 e. The number of hydrogen-bond donors (Lipinski definition) is 1. The zero-order valence-corrected chi connectivity index (χ0v) is 9.79. The Morgan fingerprint density at radius 2 is 2.07 bits per heavy atom. The van der Waals surface area contributed by atoms with Crippen LogP contribution in [-0.2, 0) is 4.74 Å². The Morgan fingerprint density at radius 1 is 1.33 bits per heavy atom. The molecule has 0 bridgehead atoms. The molecule has 0 saturated heterocycles. The molecule has 0 aliphatic carbocycles. The Hall–Kier alpha value is -0.860. The van der Waals surface area contributed by atoms with Crippen molar-refractivity contribution < 1.29 is 9.84 Å². The number of ether oxygens (including phenoxy) is 1. The molecule has 1 aromatic carbocycles. The lowest BCUT2D eigenvalue weighted by atomic mass is 9.98. The maximum Gasteiger partial charge on any atom is 0.0793 e. The minimum atomic E-state index is -0.360. The summed E-state index contributed by atoms with van der Waals surface area (Å²) in [6, 6.07) is 6.17. The maximum atomic E-state index is 9.96. The second-order valence-corrected chi connectivity index (χ2v) is 4.01. The van der Waals surface area contributed by atoms with Crippen LogP contribution in [0.15, 0.2) is 18.2 Å². The van der Waals surface area contributed by atoms with Crippen molar-refractivity contribution in [1.29, 1.82) is 0 Å². The maximum absolute atomic E-state index is 9.96. The predicted octanol–water partition coefficient (Wildman–Crippen LogP) is 2.76. The van der Waals surface area contributed by atoms with Gasteiger partial charge in [-0.25, -0.2) is 0 Å². The Kier molecular flexibility index (Phi) is 4.79. The fourth-order valence-electron chi connectivity index (χ4n) is 1.78. The summed E-state index contributed by atoms with van der Waals surface area (Å²) < 4.78 is 4.97. The highest BCUT2D eigenvalue weighted by molar-refractivity contribution is 5.31. The summed E-state index contributed by atoms with van der Waals surface area (Å²) in [6.07, 6.45) is 1.30. The molecule has 15 heavy (non-hydrogen) atoms. The molecule has 0 fully saturated rings. The largest absolute Gasteiger partial charge is 0.388 e. The van der Waals surface area contributed by atoms with Gasteiger partial charge in [0.25, 0.3) is 0 Å². The van der Waals surface area contributed by atoms with Gasteiger partial charge in [0.1, 0.15) is 0 Å². The van der Waals surface area contributed by atoms with E-state index in [0.717, 1.165) is 18.4 Å². The minimum Gasteiger partial charge on any atom is -0.388 e. The monoisotopic (exact) mass is 208 g/mol.